The lowest BCUT2D eigenvalue weighted by Crippen LogP contribution is -2.49. The molecule has 0 radical (unpaired) electrons. The van der Waals surface area contributed by atoms with Crippen molar-refractivity contribution in [1.29, 1.82) is 5.26 Å². The number of nitriles is 1. The first-order chi connectivity index (χ1) is 12.6. The molecule has 1 heterocycles. The fraction of sp³-hybridized carbons (Fsp3) is 0.600. The minimum Gasteiger partial charge on any atom is -0.497 e. The van der Waals surface area contributed by atoms with Gasteiger partial charge in [-0.25, -0.2) is 0 Å². The van der Waals surface area contributed by atoms with Gasteiger partial charge < -0.3 is 18.8 Å². The van der Waals surface area contributed by atoms with Crippen molar-refractivity contribution in [2.24, 2.45) is 0 Å². The number of ether oxygens (including phenoxy) is 2. The lowest BCUT2D eigenvalue weighted by molar-refractivity contribution is -0.138. The van der Waals surface area contributed by atoms with Crippen LogP contribution in [0.3, 0.4) is 0 Å². The van der Waals surface area contributed by atoms with E-state index in [-0.39, 0.29) is 10.9 Å². The average molecular weight is 391 g/mol. The first-order valence-corrected chi connectivity index (χ1v) is 12.0. The second kappa shape index (κ2) is 8.01. The van der Waals surface area contributed by atoms with Crippen molar-refractivity contribution in [3.8, 4) is 11.8 Å². The zero-order valence-corrected chi connectivity index (χ0v) is 18.3. The smallest absolute Gasteiger partial charge is 0.255 e. The molecule has 1 aromatic carbocycles. The largest absolute Gasteiger partial charge is 0.497 e. The Morgan fingerprint density at radius 1 is 1.19 bits per heavy atom. The topological polar surface area (TPSA) is 71.8 Å². The molecule has 0 bridgehead atoms. The minimum atomic E-state index is -2.18. The minimum absolute atomic E-state index is 0.0300. The summed E-state index contributed by atoms with van der Waals surface area (Å²) in [6.07, 6.45) is -1.35. The van der Waals surface area contributed by atoms with Crippen molar-refractivity contribution in [1.82, 2.24) is 4.90 Å². The fourth-order valence-corrected chi connectivity index (χ4v) is 4.20. The van der Waals surface area contributed by atoms with Gasteiger partial charge in [0.15, 0.2) is 14.4 Å². The predicted octanol–water partition coefficient (Wildman–Crippen LogP) is 3.33. The van der Waals surface area contributed by atoms with Crippen LogP contribution in [-0.4, -0.2) is 51.6 Å². The van der Waals surface area contributed by atoms with Gasteiger partial charge in [-0.3, -0.25) is 4.79 Å². The molecule has 1 aliphatic rings. The van der Waals surface area contributed by atoms with Crippen LogP contribution in [0, 0.1) is 11.3 Å². The molecule has 0 N–H and O–H groups in total. The quantitative estimate of drug-likeness (QED) is 0.697. The Morgan fingerprint density at radius 3 is 2.22 bits per heavy atom. The van der Waals surface area contributed by atoms with E-state index in [1.165, 1.54) is 7.11 Å². The molecule has 1 saturated heterocycles. The predicted molar refractivity (Wildman–Crippen MR) is 106 cm³/mol. The van der Waals surface area contributed by atoms with Crippen molar-refractivity contribution in [2.45, 2.75) is 63.7 Å². The van der Waals surface area contributed by atoms with Crippen LogP contribution in [0.5, 0.6) is 5.75 Å². The maximum Gasteiger partial charge on any atom is 0.255 e. The first kappa shape index (κ1) is 21.4. The number of carbonyl (C=O) groups is 1. The molecule has 1 amide bonds. The molecule has 1 fully saturated rings. The van der Waals surface area contributed by atoms with Gasteiger partial charge in [0.2, 0.25) is 0 Å². The van der Waals surface area contributed by atoms with E-state index in [0.717, 1.165) is 11.3 Å². The molecule has 2 rings (SSSR count). The van der Waals surface area contributed by atoms with Gasteiger partial charge in [0.25, 0.3) is 5.91 Å². The first-order valence-electron chi connectivity index (χ1n) is 9.09. The Bertz CT molecular complexity index is 706. The highest BCUT2D eigenvalue weighted by atomic mass is 28.4. The molecule has 1 aliphatic heterocycles. The van der Waals surface area contributed by atoms with Crippen LogP contribution in [0.2, 0.25) is 18.1 Å². The highest BCUT2D eigenvalue weighted by Crippen LogP contribution is 2.40. The van der Waals surface area contributed by atoms with Gasteiger partial charge >= 0.3 is 0 Å². The van der Waals surface area contributed by atoms with Crippen LogP contribution in [0.15, 0.2) is 24.3 Å². The summed E-state index contributed by atoms with van der Waals surface area (Å²) in [6.45, 7) is 11.0. The van der Waals surface area contributed by atoms with Gasteiger partial charge in [0, 0.05) is 13.7 Å². The van der Waals surface area contributed by atoms with E-state index in [2.05, 4.69) is 39.9 Å². The molecule has 27 heavy (non-hydrogen) atoms. The van der Waals surface area contributed by atoms with Crippen LogP contribution in [-0.2, 0) is 20.5 Å². The maximum absolute atomic E-state index is 12.9. The van der Waals surface area contributed by atoms with Gasteiger partial charge in [-0.15, -0.1) is 0 Å². The molecule has 6 nitrogen and oxygen atoms in total. The van der Waals surface area contributed by atoms with Crippen LogP contribution < -0.4 is 4.74 Å². The molecular formula is C20H30N2O4Si. The van der Waals surface area contributed by atoms with Crippen LogP contribution in [0.1, 0.15) is 26.3 Å². The third-order valence-corrected chi connectivity index (χ3v) is 10.1. The van der Waals surface area contributed by atoms with Crippen molar-refractivity contribution < 1.29 is 18.7 Å². The van der Waals surface area contributed by atoms with E-state index in [4.69, 9.17) is 13.9 Å². The zero-order valence-electron chi connectivity index (χ0n) is 17.3. The van der Waals surface area contributed by atoms with Gasteiger partial charge in [-0.2, -0.15) is 5.26 Å². The number of nitrogens with zero attached hydrogens (tertiary/aromatic N) is 2. The van der Waals surface area contributed by atoms with E-state index in [1.54, 1.807) is 12.0 Å². The second-order valence-corrected chi connectivity index (χ2v) is 13.1. The maximum atomic E-state index is 12.9. The molecule has 7 heteroatoms. The summed E-state index contributed by atoms with van der Waals surface area (Å²) >= 11 is 0. The van der Waals surface area contributed by atoms with Crippen molar-refractivity contribution in [2.75, 3.05) is 14.2 Å². The summed E-state index contributed by atoms with van der Waals surface area (Å²) in [4.78, 5) is 14.5. The van der Waals surface area contributed by atoms with Crippen LogP contribution in [0.25, 0.3) is 0 Å². The molecule has 1 aromatic rings. The Morgan fingerprint density at radius 2 is 1.78 bits per heavy atom. The summed E-state index contributed by atoms with van der Waals surface area (Å²) in [5.74, 6) is 0.542. The molecule has 148 valence electrons. The Labute approximate surface area is 163 Å². The van der Waals surface area contributed by atoms with E-state index in [9.17, 15) is 10.1 Å². The molecule has 0 aliphatic carbocycles. The van der Waals surface area contributed by atoms with Gasteiger partial charge in [0.1, 0.15) is 17.9 Å². The van der Waals surface area contributed by atoms with Gasteiger partial charge in [0.05, 0.1) is 13.2 Å². The Hall–Kier alpha value is -1.88. The standard InChI is InChI=1S/C20H30N2O4Si/c1-20(2,3)27(6,7)26-17-16(12-21)22(19(23)18(17)25-5)13-14-8-10-15(24-4)11-9-14/h8-11,16-18H,13H2,1-7H3/t16-,17+,18-/m1/s1. The second-order valence-electron chi connectivity index (χ2n) is 8.39. The molecule has 0 spiro atoms. The molecule has 0 saturated carbocycles. The third-order valence-electron chi connectivity index (χ3n) is 5.61. The van der Waals surface area contributed by atoms with E-state index in [1.807, 2.05) is 24.3 Å². The summed E-state index contributed by atoms with van der Waals surface area (Å²) in [5.41, 5.74) is 0.923. The number of hydrogen-bond donors (Lipinski definition) is 0. The number of carbonyl (C=O) groups excluding carboxylic acids is 1. The molecule has 0 aromatic heterocycles. The monoisotopic (exact) mass is 390 g/mol. The van der Waals surface area contributed by atoms with Crippen molar-refractivity contribution in [3.63, 3.8) is 0 Å². The van der Waals surface area contributed by atoms with Gasteiger partial charge in [-0.05, 0) is 35.8 Å². The fourth-order valence-electron chi connectivity index (χ4n) is 2.91. The normalized spacial score (nSPS) is 23.4. The van der Waals surface area contributed by atoms with Crippen LogP contribution >= 0.6 is 0 Å². The summed E-state index contributed by atoms with van der Waals surface area (Å²) < 4.78 is 17.1. The number of amides is 1. The Kier molecular flexibility index (Phi) is 6.35. The van der Waals surface area contributed by atoms with Crippen LogP contribution in [0.4, 0.5) is 0 Å². The SMILES string of the molecule is COc1ccc(CN2C(=O)[C@H](OC)[C@@H](O[Si](C)(C)C(C)(C)C)[C@H]2C#N)cc1. The van der Waals surface area contributed by atoms with Crippen molar-refractivity contribution >= 4 is 14.2 Å². The molecular weight excluding hydrogens is 360 g/mol. The highest BCUT2D eigenvalue weighted by Gasteiger charge is 2.53. The lowest BCUT2D eigenvalue weighted by atomic mass is 10.1. The Balaban J connectivity index is 2.28. The number of methoxy groups -OCH3 is 2. The van der Waals surface area contributed by atoms with Gasteiger partial charge in [-0.1, -0.05) is 32.9 Å². The highest BCUT2D eigenvalue weighted by molar-refractivity contribution is 6.74. The number of likely N-dealkylation sites (tertiary alicyclic amines) is 1. The van der Waals surface area contributed by atoms with Crippen molar-refractivity contribution in [3.05, 3.63) is 29.8 Å². The molecule has 3 atom stereocenters. The van der Waals surface area contributed by atoms with E-state index >= 15 is 0 Å². The number of benzene rings is 1. The van der Waals surface area contributed by atoms with E-state index in [0.29, 0.717) is 6.54 Å². The summed E-state index contributed by atoms with van der Waals surface area (Å²) in [6, 6.07) is 9.06. The number of rotatable bonds is 6. The zero-order chi connectivity index (χ0) is 20.4. The number of hydrogen-bond acceptors (Lipinski definition) is 5. The summed E-state index contributed by atoms with van der Waals surface area (Å²) in [5, 5.41) is 9.78. The average Bonchev–Trinajstić information content (AvgIpc) is 2.84. The van der Waals surface area contributed by atoms with E-state index < -0.39 is 26.6 Å². The lowest BCUT2D eigenvalue weighted by Gasteiger charge is -2.39. The third kappa shape index (κ3) is 4.34. The summed E-state index contributed by atoms with van der Waals surface area (Å²) in [7, 11) is 0.928. The molecule has 0 unspecified atom stereocenters.